The molecule has 3 rings (SSSR count). The molecule has 0 atom stereocenters. The van der Waals surface area contributed by atoms with Crippen LogP contribution in [0.1, 0.15) is 34.3 Å². The molecule has 0 spiro atoms. The maximum Gasteiger partial charge on any atom is 0.256 e. The zero-order valence-electron chi connectivity index (χ0n) is 13.0. The van der Waals surface area contributed by atoms with Gasteiger partial charge in [0, 0.05) is 31.9 Å². The summed E-state index contributed by atoms with van der Waals surface area (Å²) in [6, 6.07) is 4.26. The Morgan fingerprint density at radius 1 is 1.05 bits per heavy atom. The van der Waals surface area contributed by atoms with Crippen molar-refractivity contribution in [2.75, 3.05) is 44.3 Å². The Balaban J connectivity index is 1.97. The highest BCUT2D eigenvalue weighted by molar-refractivity contribution is 6.01. The van der Waals surface area contributed by atoms with E-state index in [1.807, 2.05) is 4.90 Å². The molecule has 0 aromatic heterocycles. The lowest BCUT2D eigenvalue weighted by Gasteiger charge is -2.30. The molecule has 0 saturated carbocycles. The predicted octanol–water partition coefficient (Wildman–Crippen LogP) is 2.38. The van der Waals surface area contributed by atoms with E-state index in [0.717, 1.165) is 29.9 Å². The SMILES string of the molecule is Cc1ccc(N2CCCC2)c(C(=O)N2CCOCC2)c1C. The highest BCUT2D eigenvalue weighted by Crippen LogP contribution is 2.30. The molecule has 4 nitrogen and oxygen atoms in total. The van der Waals surface area contributed by atoms with E-state index in [9.17, 15) is 4.79 Å². The summed E-state index contributed by atoms with van der Waals surface area (Å²) >= 11 is 0. The number of benzene rings is 1. The summed E-state index contributed by atoms with van der Waals surface area (Å²) in [4.78, 5) is 17.3. The van der Waals surface area contributed by atoms with E-state index < -0.39 is 0 Å². The summed E-state index contributed by atoms with van der Waals surface area (Å²) in [5.41, 5.74) is 4.33. The molecule has 0 unspecified atom stereocenters. The fourth-order valence-electron chi connectivity index (χ4n) is 3.22. The zero-order chi connectivity index (χ0) is 14.8. The van der Waals surface area contributed by atoms with Crippen LogP contribution in [-0.2, 0) is 4.74 Å². The molecule has 2 saturated heterocycles. The van der Waals surface area contributed by atoms with Gasteiger partial charge < -0.3 is 14.5 Å². The molecule has 2 heterocycles. The lowest BCUT2D eigenvalue weighted by atomic mass is 9.99. The summed E-state index contributed by atoms with van der Waals surface area (Å²) < 4.78 is 5.37. The number of carbonyl (C=O) groups excluding carboxylic acids is 1. The van der Waals surface area contributed by atoms with Gasteiger partial charge in [0.2, 0.25) is 0 Å². The summed E-state index contributed by atoms with van der Waals surface area (Å²) in [5.74, 6) is 0.168. The molecule has 4 heteroatoms. The number of ether oxygens (including phenoxy) is 1. The van der Waals surface area contributed by atoms with Gasteiger partial charge in [0.25, 0.3) is 5.91 Å². The molecule has 114 valence electrons. The first-order valence-corrected chi connectivity index (χ1v) is 7.90. The predicted molar refractivity (Wildman–Crippen MR) is 84.1 cm³/mol. The highest BCUT2D eigenvalue weighted by atomic mass is 16.5. The van der Waals surface area contributed by atoms with Gasteiger partial charge in [-0.25, -0.2) is 0 Å². The van der Waals surface area contributed by atoms with Crippen molar-refractivity contribution in [1.82, 2.24) is 4.90 Å². The van der Waals surface area contributed by atoms with Crippen molar-refractivity contribution >= 4 is 11.6 Å². The highest BCUT2D eigenvalue weighted by Gasteiger charge is 2.26. The van der Waals surface area contributed by atoms with Gasteiger partial charge in [-0.15, -0.1) is 0 Å². The molecule has 1 amide bonds. The van der Waals surface area contributed by atoms with Crippen molar-refractivity contribution < 1.29 is 9.53 Å². The molecule has 0 N–H and O–H groups in total. The van der Waals surface area contributed by atoms with Gasteiger partial charge in [-0.3, -0.25) is 4.79 Å². The third-order valence-electron chi connectivity index (χ3n) is 4.67. The quantitative estimate of drug-likeness (QED) is 0.837. The molecule has 0 aliphatic carbocycles. The van der Waals surface area contributed by atoms with E-state index in [0.29, 0.717) is 26.3 Å². The molecule has 21 heavy (non-hydrogen) atoms. The second-order valence-corrected chi connectivity index (χ2v) is 6.00. The Morgan fingerprint density at radius 3 is 2.38 bits per heavy atom. The zero-order valence-corrected chi connectivity index (χ0v) is 13.0. The van der Waals surface area contributed by atoms with Crippen LogP contribution < -0.4 is 4.90 Å². The van der Waals surface area contributed by atoms with Gasteiger partial charge in [0.1, 0.15) is 0 Å². The smallest absolute Gasteiger partial charge is 0.256 e. The lowest BCUT2D eigenvalue weighted by molar-refractivity contribution is 0.0303. The van der Waals surface area contributed by atoms with Crippen LogP contribution in [0, 0.1) is 13.8 Å². The first kappa shape index (κ1) is 14.4. The summed E-state index contributed by atoms with van der Waals surface area (Å²) in [6.07, 6.45) is 2.44. The van der Waals surface area contributed by atoms with Crippen LogP contribution in [0.15, 0.2) is 12.1 Å². The second-order valence-electron chi connectivity index (χ2n) is 6.00. The van der Waals surface area contributed by atoms with E-state index in [1.165, 1.54) is 18.4 Å². The van der Waals surface area contributed by atoms with Gasteiger partial charge in [-0.2, -0.15) is 0 Å². The fourth-order valence-corrected chi connectivity index (χ4v) is 3.22. The molecule has 2 aliphatic rings. The van der Waals surface area contributed by atoms with Crippen molar-refractivity contribution in [1.29, 1.82) is 0 Å². The topological polar surface area (TPSA) is 32.8 Å². The Bertz CT molecular complexity index is 530. The molecule has 0 bridgehead atoms. The third-order valence-corrected chi connectivity index (χ3v) is 4.67. The second kappa shape index (κ2) is 6.06. The van der Waals surface area contributed by atoms with E-state index >= 15 is 0 Å². The molecule has 2 aliphatic heterocycles. The minimum absolute atomic E-state index is 0.168. The molecular weight excluding hydrogens is 264 g/mol. The van der Waals surface area contributed by atoms with Crippen molar-refractivity contribution in [3.63, 3.8) is 0 Å². The van der Waals surface area contributed by atoms with E-state index in [2.05, 4.69) is 30.9 Å². The first-order chi connectivity index (χ1) is 10.2. The summed E-state index contributed by atoms with van der Waals surface area (Å²) in [6.45, 7) is 8.97. The monoisotopic (exact) mass is 288 g/mol. The average Bonchev–Trinajstić information content (AvgIpc) is 3.04. The van der Waals surface area contributed by atoms with Crippen LogP contribution in [0.2, 0.25) is 0 Å². The Morgan fingerprint density at radius 2 is 1.71 bits per heavy atom. The maximum absolute atomic E-state index is 13.0. The van der Waals surface area contributed by atoms with Crippen LogP contribution in [0.5, 0.6) is 0 Å². The van der Waals surface area contributed by atoms with Crippen molar-refractivity contribution in [3.8, 4) is 0 Å². The summed E-state index contributed by atoms with van der Waals surface area (Å²) in [5, 5.41) is 0. The Labute approximate surface area is 126 Å². The summed E-state index contributed by atoms with van der Waals surface area (Å²) in [7, 11) is 0. The van der Waals surface area contributed by atoms with Gasteiger partial charge in [0.15, 0.2) is 0 Å². The van der Waals surface area contributed by atoms with E-state index in [-0.39, 0.29) is 5.91 Å². The normalized spacial score (nSPS) is 19.1. The molecular formula is C17H24N2O2. The largest absolute Gasteiger partial charge is 0.378 e. The average molecular weight is 288 g/mol. The number of morpholine rings is 1. The van der Waals surface area contributed by atoms with E-state index in [4.69, 9.17) is 4.74 Å². The number of hydrogen-bond acceptors (Lipinski definition) is 3. The molecule has 2 fully saturated rings. The van der Waals surface area contributed by atoms with Crippen molar-refractivity contribution in [2.45, 2.75) is 26.7 Å². The number of aryl methyl sites for hydroxylation is 1. The standard InChI is InChI=1S/C17H24N2O2/c1-13-5-6-15(18-7-3-4-8-18)16(14(13)2)17(20)19-9-11-21-12-10-19/h5-6H,3-4,7-12H2,1-2H3. The number of amides is 1. The van der Waals surface area contributed by atoms with Crippen LogP contribution in [0.3, 0.4) is 0 Å². The maximum atomic E-state index is 13.0. The minimum atomic E-state index is 0.168. The van der Waals surface area contributed by atoms with Crippen molar-refractivity contribution in [2.24, 2.45) is 0 Å². The van der Waals surface area contributed by atoms with Crippen LogP contribution in [-0.4, -0.2) is 50.2 Å². The van der Waals surface area contributed by atoms with Gasteiger partial charge in [0.05, 0.1) is 18.8 Å². The molecule has 1 aromatic rings. The van der Waals surface area contributed by atoms with Gasteiger partial charge in [-0.1, -0.05) is 6.07 Å². The van der Waals surface area contributed by atoms with Crippen LogP contribution in [0.25, 0.3) is 0 Å². The van der Waals surface area contributed by atoms with Gasteiger partial charge in [-0.05, 0) is 43.9 Å². The van der Waals surface area contributed by atoms with E-state index in [1.54, 1.807) is 0 Å². The van der Waals surface area contributed by atoms with Crippen LogP contribution >= 0.6 is 0 Å². The molecule has 1 aromatic carbocycles. The molecule has 0 radical (unpaired) electrons. The number of hydrogen-bond donors (Lipinski definition) is 0. The minimum Gasteiger partial charge on any atom is -0.378 e. The van der Waals surface area contributed by atoms with Gasteiger partial charge >= 0.3 is 0 Å². The fraction of sp³-hybridized carbons (Fsp3) is 0.588. The van der Waals surface area contributed by atoms with Crippen molar-refractivity contribution in [3.05, 3.63) is 28.8 Å². The third kappa shape index (κ3) is 2.77. The number of nitrogens with zero attached hydrogens (tertiary/aromatic N) is 2. The number of rotatable bonds is 2. The number of carbonyl (C=O) groups is 1. The Hall–Kier alpha value is -1.55. The lowest BCUT2D eigenvalue weighted by Crippen LogP contribution is -2.41. The Kier molecular flexibility index (Phi) is 4.15. The first-order valence-electron chi connectivity index (χ1n) is 7.90. The van der Waals surface area contributed by atoms with Crippen LogP contribution in [0.4, 0.5) is 5.69 Å². The number of anilines is 1.